The number of carbonyl (C=O) groups is 1. The number of ether oxygens (including phenoxy) is 1. The molecule has 0 saturated carbocycles. The quantitative estimate of drug-likeness (QED) is 0.789. The van der Waals surface area contributed by atoms with Crippen LogP contribution in [0.1, 0.15) is 9.67 Å². The van der Waals surface area contributed by atoms with Crippen molar-refractivity contribution in [2.24, 2.45) is 0 Å². The van der Waals surface area contributed by atoms with Gasteiger partial charge in [-0.25, -0.2) is 0 Å². The Labute approximate surface area is 107 Å². The summed E-state index contributed by atoms with van der Waals surface area (Å²) in [5.41, 5.74) is 0. The van der Waals surface area contributed by atoms with Crippen LogP contribution in [0.5, 0.6) is 0 Å². The van der Waals surface area contributed by atoms with Gasteiger partial charge in [0.15, 0.2) is 0 Å². The van der Waals surface area contributed by atoms with Crippen LogP contribution in [-0.4, -0.2) is 32.3 Å². The zero-order valence-corrected chi connectivity index (χ0v) is 10.7. The molecule has 0 aliphatic carbocycles. The van der Waals surface area contributed by atoms with E-state index >= 15 is 0 Å². The molecule has 1 aromatic heterocycles. The molecule has 1 aliphatic heterocycles. The van der Waals surface area contributed by atoms with Gasteiger partial charge in [0.1, 0.15) is 4.34 Å². The number of thiophene rings is 1. The Kier molecular flexibility index (Phi) is 6.08. The van der Waals surface area contributed by atoms with Gasteiger partial charge >= 0.3 is 0 Å². The van der Waals surface area contributed by atoms with Crippen molar-refractivity contribution >= 4 is 40.5 Å². The molecule has 0 amide bonds. The first-order chi connectivity index (χ1) is 7.61. The number of carboxylic acids is 1. The normalized spacial score (nSPS) is 15.1. The van der Waals surface area contributed by atoms with E-state index in [0.717, 1.165) is 37.6 Å². The average Bonchev–Trinajstić information content (AvgIpc) is 2.63. The number of hydrogen-bond donors (Lipinski definition) is 1. The fourth-order valence-corrected chi connectivity index (χ4v) is 2.23. The minimum atomic E-state index is -1.25. The van der Waals surface area contributed by atoms with Gasteiger partial charge < -0.3 is 20.0 Å². The molecule has 0 bridgehead atoms. The molecule has 1 aliphatic rings. The van der Waals surface area contributed by atoms with Crippen LogP contribution in [0.4, 0.5) is 0 Å². The molecule has 0 atom stereocenters. The van der Waals surface area contributed by atoms with Crippen molar-refractivity contribution in [2.75, 3.05) is 26.3 Å². The van der Waals surface area contributed by atoms with E-state index in [9.17, 15) is 9.90 Å². The summed E-state index contributed by atoms with van der Waals surface area (Å²) in [5.74, 6) is -1.25. The van der Waals surface area contributed by atoms with Gasteiger partial charge in [0.25, 0.3) is 0 Å². The van der Waals surface area contributed by atoms with Gasteiger partial charge in [0.05, 0.1) is 42.2 Å². The summed E-state index contributed by atoms with van der Waals surface area (Å²) in [6, 6.07) is 1.27. The van der Waals surface area contributed by atoms with Crippen molar-refractivity contribution in [3.05, 3.63) is 20.3 Å². The zero-order chi connectivity index (χ0) is 12.0. The number of rotatable bonds is 1. The fourth-order valence-electron chi connectivity index (χ4n) is 1.03. The molecular weight excluding hydrogens is 273 g/mol. The second-order valence-electron chi connectivity index (χ2n) is 3.00. The van der Waals surface area contributed by atoms with E-state index in [-0.39, 0.29) is 14.2 Å². The minimum Gasteiger partial charge on any atom is -0.544 e. The predicted octanol–water partition coefficient (Wildman–Crippen LogP) is -0.00160. The summed E-state index contributed by atoms with van der Waals surface area (Å²) in [6.07, 6.45) is 0. The molecule has 0 aromatic carbocycles. The Morgan fingerprint density at radius 2 is 2.06 bits per heavy atom. The van der Waals surface area contributed by atoms with Crippen LogP contribution in [0.15, 0.2) is 6.07 Å². The van der Waals surface area contributed by atoms with Crippen LogP contribution in [0.3, 0.4) is 0 Å². The third-order valence-corrected chi connectivity index (χ3v) is 3.62. The van der Waals surface area contributed by atoms with E-state index in [0.29, 0.717) is 0 Å². The second kappa shape index (κ2) is 7.09. The summed E-state index contributed by atoms with van der Waals surface area (Å²) in [6.45, 7) is 4.19. The number of aromatic carboxylic acids is 1. The molecule has 7 heteroatoms. The lowest BCUT2D eigenvalue weighted by Gasteiger charge is -2.07. The highest BCUT2D eigenvalue weighted by atomic mass is 35.5. The fraction of sp³-hybridized carbons (Fsp3) is 0.444. The van der Waals surface area contributed by atoms with Crippen LogP contribution in [-0.2, 0) is 4.74 Å². The number of morpholine rings is 1. The number of hydrogen-bond acceptors (Lipinski definition) is 4. The molecule has 2 N–H and O–H groups in total. The van der Waals surface area contributed by atoms with Crippen molar-refractivity contribution < 1.29 is 20.0 Å². The predicted molar refractivity (Wildman–Crippen MR) is 61.1 cm³/mol. The van der Waals surface area contributed by atoms with Gasteiger partial charge in [-0.05, 0) is 6.07 Å². The summed E-state index contributed by atoms with van der Waals surface area (Å²) in [7, 11) is 0. The van der Waals surface area contributed by atoms with Crippen molar-refractivity contribution in [1.82, 2.24) is 0 Å². The Hall–Kier alpha value is -0.330. The lowest BCUT2D eigenvalue weighted by Crippen LogP contribution is -2.87. The Morgan fingerprint density at radius 1 is 1.44 bits per heavy atom. The van der Waals surface area contributed by atoms with E-state index in [4.69, 9.17) is 27.9 Å². The monoisotopic (exact) mass is 283 g/mol. The van der Waals surface area contributed by atoms with Crippen LogP contribution >= 0.6 is 34.5 Å². The Bertz CT molecular complexity index is 322. The first kappa shape index (κ1) is 13.7. The van der Waals surface area contributed by atoms with Crippen LogP contribution < -0.4 is 10.4 Å². The van der Waals surface area contributed by atoms with Crippen molar-refractivity contribution in [3.63, 3.8) is 0 Å². The summed E-state index contributed by atoms with van der Waals surface area (Å²) < 4.78 is 5.32. The van der Waals surface area contributed by atoms with E-state index in [1.807, 2.05) is 0 Å². The molecule has 2 heterocycles. The van der Waals surface area contributed by atoms with Gasteiger partial charge in [-0.3, -0.25) is 0 Å². The molecule has 2 rings (SSSR count). The molecule has 4 nitrogen and oxygen atoms in total. The van der Waals surface area contributed by atoms with Gasteiger partial charge in [-0.2, -0.15) is 0 Å². The Morgan fingerprint density at radius 3 is 2.25 bits per heavy atom. The van der Waals surface area contributed by atoms with Crippen LogP contribution in [0.25, 0.3) is 0 Å². The maximum atomic E-state index is 10.1. The minimum absolute atomic E-state index is 0.0509. The SMILES string of the molecule is C1COCC[NH2+]1.O=C([O-])c1cc(Cl)c(Cl)s1. The molecule has 1 fully saturated rings. The van der Waals surface area contributed by atoms with Gasteiger partial charge in [0.2, 0.25) is 0 Å². The van der Waals surface area contributed by atoms with Crippen molar-refractivity contribution in [3.8, 4) is 0 Å². The Balaban J connectivity index is 0.000000181. The molecule has 0 unspecified atom stereocenters. The molecule has 16 heavy (non-hydrogen) atoms. The van der Waals surface area contributed by atoms with Crippen LogP contribution in [0, 0.1) is 0 Å². The highest BCUT2D eigenvalue weighted by Crippen LogP contribution is 2.30. The first-order valence-corrected chi connectivity index (χ1v) is 6.24. The molecular formula is C9H11Cl2NO3S. The molecule has 0 spiro atoms. The lowest BCUT2D eigenvalue weighted by molar-refractivity contribution is -0.670. The highest BCUT2D eigenvalue weighted by molar-refractivity contribution is 7.18. The summed E-state index contributed by atoms with van der Waals surface area (Å²) in [4.78, 5) is 10.2. The third-order valence-electron chi connectivity index (χ3n) is 1.78. The van der Waals surface area contributed by atoms with E-state index in [1.54, 1.807) is 0 Å². The maximum Gasteiger partial charge on any atom is 0.112 e. The molecule has 1 saturated heterocycles. The largest absolute Gasteiger partial charge is 0.544 e. The number of nitrogens with two attached hydrogens (primary N) is 1. The van der Waals surface area contributed by atoms with Gasteiger partial charge in [0, 0.05) is 0 Å². The smallest absolute Gasteiger partial charge is 0.112 e. The van der Waals surface area contributed by atoms with Crippen molar-refractivity contribution in [1.29, 1.82) is 0 Å². The number of halogens is 2. The van der Waals surface area contributed by atoms with E-state index in [2.05, 4.69) is 5.32 Å². The van der Waals surface area contributed by atoms with E-state index < -0.39 is 5.97 Å². The zero-order valence-electron chi connectivity index (χ0n) is 8.37. The topological polar surface area (TPSA) is 66.0 Å². The van der Waals surface area contributed by atoms with Crippen molar-refractivity contribution in [2.45, 2.75) is 0 Å². The van der Waals surface area contributed by atoms with E-state index in [1.165, 1.54) is 6.07 Å². The van der Waals surface area contributed by atoms with Crippen LogP contribution in [0.2, 0.25) is 9.36 Å². The first-order valence-electron chi connectivity index (χ1n) is 4.67. The summed E-state index contributed by atoms with van der Waals surface area (Å²) in [5, 5.41) is 12.7. The standard InChI is InChI=1S/C5H2Cl2O2S.C4H9NO/c6-2-1-3(5(8)9)10-4(2)7;1-3-6-4-2-5-1/h1H,(H,8,9);5H,1-4H2. The number of carboxylic acid groups (broad SMARTS) is 1. The third kappa shape index (κ3) is 4.67. The molecule has 0 radical (unpaired) electrons. The highest BCUT2D eigenvalue weighted by Gasteiger charge is 2.04. The molecule has 90 valence electrons. The second-order valence-corrected chi connectivity index (χ2v) is 5.06. The maximum absolute atomic E-state index is 10.1. The van der Waals surface area contributed by atoms with Gasteiger partial charge in [-0.1, -0.05) is 23.2 Å². The number of quaternary nitrogens is 1. The number of carbonyl (C=O) groups excluding carboxylic acids is 1. The molecule has 1 aromatic rings. The summed E-state index contributed by atoms with van der Waals surface area (Å²) >= 11 is 11.8. The lowest BCUT2D eigenvalue weighted by atomic mass is 10.5. The van der Waals surface area contributed by atoms with Gasteiger partial charge in [-0.15, -0.1) is 11.3 Å². The average molecular weight is 284 g/mol.